The van der Waals surface area contributed by atoms with Gasteiger partial charge < -0.3 is 0 Å². The third-order valence-electron chi connectivity index (χ3n) is 0.685. The van der Waals surface area contributed by atoms with Gasteiger partial charge in [-0.15, -0.1) is 0 Å². The molecule has 0 heterocycles. The molecular weight excluding hydrogens is 126 g/mol. The van der Waals surface area contributed by atoms with Crippen molar-refractivity contribution in [2.45, 2.75) is 19.9 Å². The van der Waals surface area contributed by atoms with Gasteiger partial charge in [0.25, 0.3) is 0 Å². The molecule has 0 rings (SSSR count). The van der Waals surface area contributed by atoms with Crippen LogP contribution in [0.15, 0.2) is 0 Å². The topological polar surface area (TPSA) is 40.5 Å². The second-order valence-corrected chi connectivity index (χ2v) is 2.10. The van der Waals surface area contributed by atoms with E-state index in [9.17, 15) is 4.79 Å². The summed E-state index contributed by atoms with van der Waals surface area (Å²) in [5.41, 5.74) is 0. The van der Waals surface area contributed by atoms with E-state index in [-0.39, 0.29) is 6.04 Å². The van der Waals surface area contributed by atoms with Crippen LogP contribution in [0, 0.1) is 0 Å². The van der Waals surface area contributed by atoms with Gasteiger partial charge in [-0.05, 0) is 13.8 Å². The Bertz CT molecular complexity index is 94.0. The van der Waals surface area contributed by atoms with E-state index < -0.39 is 5.24 Å². The fourth-order valence-corrected chi connectivity index (χ4v) is 0.452. The number of carbonyl (C=O) groups is 1. The van der Waals surface area contributed by atoms with Crippen LogP contribution >= 0.6 is 12.6 Å². The van der Waals surface area contributed by atoms with Crippen molar-refractivity contribution in [3.05, 3.63) is 0 Å². The van der Waals surface area contributed by atoms with Crippen LogP contribution in [0.1, 0.15) is 13.8 Å². The highest BCUT2D eigenvalue weighted by Gasteiger charge is 2.07. The van der Waals surface area contributed by atoms with Crippen LogP contribution in [0.2, 0.25) is 0 Å². The highest BCUT2D eigenvalue weighted by molar-refractivity contribution is 7.96. The Morgan fingerprint density at radius 2 is 2.12 bits per heavy atom. The highest BCUT2D eigenvalue weighted by atomic mass is 32.1. The van der Waals surface area contributed by atoms with Crippen molar-refractivity contribution in [2.24, 2.45) is 0 Å². The van der Waals surface area contributed by atoms with E-state index in [0.29, 0.717) is 5.06 Å². The van der Waals surface area contributed by atoms with Gasteiger partial charge in [0.05, 0.1) is 6.04 Å². The summed E-state index contributed by atoms with van der Waals surface area (Å²) >= 11 is 3.37. The molecule has 0 bridgehead atoms. The summed E-state index contributed by atoms with van der Waals surface area (Å²) in [5.74, 6) is 0. The molecule has 4 heteroatoms. The summed E-state index contributed by atoms with van der Waals surface area (Å²) in [7, 11) is 0. The number of rotatable bonds is 1. The van der Waals surface area contributed by atoms with Crippen molar-refractivity contribution in [3.8, 4) is 0 Å². The molecule has 0 spiro atoms. The van der Waals surface area contributed by atoms with Gasteiger partial charge in [0.2, 0.25) is 0 Å². The number of thiol groups is 1. The minimum atomic E-state index is -0.625. The maximum atomic E-state index is 10.1. The SMILES string of the molecule is CC(C)N(O)C(=O)S. The molecule has 0 aliphatic carbocycles. The zero-order chi connectivity index (χ0) is 6.73. The number of hydrogen-bond acceptors (Lipinski definition) is 2. The standard InChI is InChI=1S/C4H9NO2S/c1-3(2)5(7)4(6)8/h3,7H,1-2H3,(H,6,8). The molecule has 8 heavy (non-hydrogen) atoms. The maximum absolute atomic E-state index is 10.1. The molecule has 0 aromatic rings. The number of amides is 1. The van der Waals surface area contributed by atoms with Crippen LogP contribution in [0.5, 0.6) is 0 Å². The molecule has 0 radical (unpaired) electrons. The largest absolute Gasteiger partial charge is 0.302 e. The van der Waals surface area contributed by atoms with Crippen molar-refractivity contribution < 1.29 is 10.0 Å². The molecule has 0 aliphatic rings. The van der Waals surface area contributed by atoms with E-state index in [1.807, 2.05) is 0 Å². The summed E-state index contributed by atoms with van der Waals surface area (Å²) < 4.78 is 0. The molecule has 3 nitrogen and oxygen atoms in total. The monoisotopic (exact) mass is 135 g/mol. The van der Waals surface area contributed by atoms with Gasteiger partial charge in [-0.1, -0.05) is 12.6 Å². The van der Waals surface area contributed by atoms with Gasteiger partial charge in [-0.25, -0.2) is 5.06 Å². The van der Waals surface area contributed by atoms with E-state index in [4.69, 9.17) is 5.21 Å². The number of nitrogens with zero attached hydrogens (tertiary/aromatic N) is 1. The van der Waals surface area contributed by atoms with Gasteiger partial charge in [-0.2, -0.15) is 0 Å². The summed E-state index contributed by atoms with van der Waals surface area (Å²) in [6.45, 7) is 3.38. The Morgan fingerprint density at radius 1 is 1.75 bits per heavy atom. The molecule has 0 aliphatic heterocycles. The third-order valence-corrected chi connectivity index (χ3v) is 0.890. The molecule has 0 unspecified atom stereocenters. The van der Waals surface area contributed by atoms with E-state index in [1.54, 1.807) is 13.8 Å². The van der Waals surface area contributed by atoms with Crippen LogP contribution in [0.25, 0.3) is 0 Å². The smallest absolute Gasteiger partial charge is 0.285 e. The average Bonchev–Trinajstić information content (AvgIpc) is 1.64. The van der Waals surface area contributed by atoms with Gasteiger partial charge >= 0.3 is 5.24 Å². The van der Waals surface area contributed by atoms with Gasteiger partial charge in [0, 0.05) is 0 Å². The molecular formula is C4H9NO2S. The fraction of sp³-hybridized carbons (Fsp3) is 0.750. The van der Waals surface area contributed by atoms with Crippen LogP contribution in [0.4, 0.5) is 4.79 Å². The second kappa shape index (κ2) is 2.94. The lowest BCUT2D eigenvalue weighted by Crippen LogP contribution is -2.29. The molecule has 1 amide bonds. The van der Waals surface area contributed by atoms with Crippen molar-refractivity contribution in [2.75, 3.05) is 0 Å². The number of hydroxylamine groups is 2. The summed E-state index contributed by atoms with van der Waals surface area (Å²) in [5, 5.41) is 8.54. The second-order valence-electron chi connectivity index (χ2n) is 1.72. The Hall–Kier alpha value is -0.220. The molecule has 0 aromatic heterocycles. The lowest BCUT2D eigenvalue weighted by Gasteiger charge is -2.14. The highest BCUT2D eigenvalue weighted by Crippen LogP contribution is 1.96. The first-order valence-electron chi connectivity index (χ1n) is 2.26. The first-order chi connectivity index (χ1) is 3.55. The van der Waals surface area contributed by atoms with E-state index in [2.05, 4.69) is 12.6 Å². The van der Waals surface area contributed by atoms with Crippen molar-refractivity contribution in [3.63, 3.8) is 0 Å². The van der Waals surface area contributed by atoms with E-state index in [1.165, 1.54) is 0 Å². The van der Waals surface area contributed by atoms with Crippen molar-refractivity contribution in [1.82, 2.24) is 5.06 Å². The van der Waals surface area contributed by atoms with Crippen LogP contribution in [0.3, 0.4) is 0 Å². The first-order valence-corrected chi connectivity index (χ1v) is 2.71. The van der Waals surface area contributed by atoms with Crippen LogP contribution in [-0.2, 0) is 0 Å². The molecule has 0 aromatic carbocycles. The summed E-state index contributed by atoms with van der Waals surface area (Å²) in [6, 6.07) is -0.194. The lowest BCUT2D eigenvalue weighted by molar-refractivity contribution is -0.0564. The number of hydrogen-bond donors (Lipinski definition) is 2. The normalized spacial score (nSPS) is 9.62. The van der Waals surface area contributed by atoms with Crippen molar-refractivity contribution >= 4 is 17.9 Å². The Balaban J connectivity index is 3.64. The lowest BCUT2D eigenvalue weighted by atomic mass is 10.4. The Labute approximate surface area is 53.7 Å². The Morgan fingerprint density at radius 3 is 2.12 bits per heavy atom. The molecule has 0 atom stereocenters. The summed E-state index contributed by atoms with van der Waals surface area (Å²) in [6.07, 6.45) is 0. The Kier molecular flexibility index (Phi) is 2.86. The third kappa shape index (κ3) is 2.18. The minimum Gasteiger partial charge on any atom is -0.285 e. The first kappa shape index (κ1) is 7.78. The maximum Gasteiger partial charge on any atom is 0.302 e. The van der Waals surface area contributed by atoms with E-state index >= 15 is 0 Å². The van der Waals surface area contributed by atoms with Gasteiger partial charge in [0.1, 0.15) is 0 Å². The summed E-state index contributed by atoms with van der Waals surface area (Å²) in [4.78, 5) is 10.1. The molecule has 1 N–H and O–H groups in total. The van der Waals surface area contributed by atoms with Crippen molar-refractivity contribution in [1.29, 1.82) is 0 Å². The zero-order valence-electron chi connectivity index (χ0n) is 4.83. The average molecular weight is 135 g/mol. The molecule has 48 valence electrons. The molecule has 0 saturated heterocycles. The van der Waals surface area contributed by atoms with Crippen LogP contribution in [-0.4, -0.2) is 21.6 Å². The van der Waals surface area contributed by atoms with Crippen LogP contribution < -0.4 is 0 Å². The van der Waals surface area contributed by atoms with Gasteiger partial charge in [-0.3, -0.25) is 10.0 Å². The van der Waals surface area contributed by atoms with Gasteiger partial charge in [0.15, 0.2) is 0 Å². The minimum absolute atomic E-state index is 0.194. The quantitative estimate of drug-likeness (QED) is 0.321. The molecule has 0 saturated carbocycles. The predicted molar refractivity (Wildman–Crippen MR) is 33.1 cm³/mol. The zero-order valence-corrected chi connectivity index (χ0v) is 5.72. The predicted octanol–water partition coefficient (Wildman–Crippen LogP) is 1.14. The molecule has 0 fully saturated rings. The fourth-order valence-electron chi connectivity index (χ4n) is 0.221. The number of carbonyl (C=O) groups excluding carboxylic acids is 1. The van der Waals surface area contributed by atoms with E-state index in [0.717, 1.165) is 0 Å².